The van der Waals surface area contributed by atoms with Crippen molar-refractivity contribution in [3.8, 4) is 0 Å². The molecule has 7 heteroatoms. The standard InChI is InChI=1S/C10H17N5O2/c1-3-14(8-4-5-11-6-8)10-9(15(16)17)7-13(2)12-10/h7-8,11H,3-6H2,1-2H3. The fourth-order valence-corrected chi connectivity index (χ4v) is 2.28. The van der Waals surface area contributed by atoms with E-state index in [9.17, 15) is 10.1 Å². The summed E-state index contributed by atoms with van der Waals surface area (Å²) in [5.41, 5.74) is 0.0845. The zero-order chi connectivity index (χ0) is 12.4. The van der Waals surface area contributed by atoms with Crippen molar-refractivity contribution in [1.82, 2.24) is 15.1 Å². The quantitative estimate of drug-likeness (QED) is 0.612. The van der Waals surface area contributed by atoms with Gasteiger partial charge in [0, 0.05) is 26.2 Å². The molecule has 1 aromatic rings. The minimum atomic E-state index is -0.368. The molecule has 1 aromatic heterocycles. The first-order valence-electron chi connectivity index (χ1n) is 5.79. The zero-order valence-corrected chi connectivity index (χ0v) is 10.1. The van der Waals surface area contributed by atoms with Crippen LogP contribution in [0.4, 0.5) is 11.5 Å². The molecule has 1 saturated heterocycles. The molecule has 0 amide bonds. The smallest absolute Gasteiger partial charge is 0.330 e. The third-order valence-corrected chi connectivity index (χ3v) is 3.08. The normalized spacial score (nSPS) is 19.5. The van der Waals surface area contributed by atoms with Crippen LogP contribution in [-0.2, 0) is 7.05 Å². The van der Waals surface area contributed by atoms with Gasteiger partial charge in [-0.3, -0.25) is 14.8 Å². The van der Waals surface area contributed by atoms with Crippen LogP contribution >= 0.6 is 0 Å². The monoisotopic (exact) mass is 239 g/mol. The first kappa shape index (κ1) is 11.8. The molecule has 1 aliphatic heterocycles. The van der Waals surface area contributed by atoms with E-state index >= 15 is 0 Å². The molecule has 1 unspecified atom stereocenters. The maximum atomic E-state index is 11.0. The second-order valence-electron chi connectivity index (χ2n) is 4.20. The minimum absolute atomic E-state index is 0.0845. The molecule has 94 valence electrons. The van der Waals surface area contributed by atoms with Gasteiger partial charge in [0.25, 0.3) is 0 Å². The van der Waals surface area contributed by atoms with Gasteiger partial charge in [0.15, 0.2) is 0 Å². The molecule has 0 saturated carbocycles. The van der Waals surface area contributed by atoms with Crippen molar-refractivity contribution in [3.05, 3.63) is 16.3 Å². The number of nitro groups is 1. The molecule has 0 spiro atoms. The Hall–Kier alpha value is -1.63. The lowest BCUT2D eigenvalue weighted by Gasteiger charge is -2.26. The van der Waals surface area contributed by atoms with E-state index in [-0.39, 0.29) is 10.6 Å². The average molecular weight is 239 g/mol. The molecule has 0 bridgehead atoms. The molecular weight excluding hydrogens is 222 g/mol. The average Bonchev–Trinajstić information content (AvgIpc) is 2.89. The molecule has 7 nitrogen and oxygen atoms in total. The molecule has 17 heavy (non-hydrogen) atoms. The van der Waals surface area contributed by atoms with Gasteiger partial charge in [0.1, 0.15) is 6.20 Å². The van der Waals surface area contributed by atoms with Crippen LogP contribution in [0.25, 0.3) is 0 Å². The second kappa shape index (κ2) is 4.70. The number of hydrogen-bond donors (Lipinski definition) is 1. The Bertz CT molecular complexity index is 411. The van der Waals surface area contributed by atoms with E-state index in [1.807, 2.05) is 11.8 Å². The summed E-state index contributed by atoms with van der Waals surface area (Å²) < 4.78 is 1.50. The predicted octanol–water partition coefficient (Wildman–Crippen LogP) is 0.516. The largest absolute Gasteiger partial charge is 0.345 e. The molecule has 1 atom stereocenters. The number of likely N-dealkylation sites (N-methyl/N-ethyl adjacent to an activating group) is 1. The summed E-state index contributed by atoms with van der Waals surface area (Å²) in [5, 5.41) is 18.5. The number of aryl methyl sites for hydroxylation is 1. The van der Waals surface area contributed by atoms with E-state index in [0.29, 0.717) is 11.9 Å². The topological polar surface area (TPSA) is 76.2 Å². The Morgan fingerprint density at radius 1 is 1.76 bits per heavy atom. The molecule has 1 aliphatic rings. The Morgan fingerprint density at radius 3 is 3.06 bits per heavy atom. The van der Waals surface area contributed by atoms with Gasteiger partial charge in [-0.2, -0.15) is 0 Å². The third kappa shape index (κ3) is 2.23. The van der Waals surface area contributed by atoms with Gasteiger partial charge in [-0.15, -0.1) is 5.10 Å². The molecule has 0 aliphatic carbocycles. The highest BCUT2D eigenvalue weighted by atomic mass is 16.6. The SMILES string of the molecule is CCN(c1nn(C)cc1[N+](=O)[O-])C1CCNC1. The number of hydrogen-bond acceptors (Lipinski definition) is 5. The maximum Gasteiger partial charge on any atom is 0.330 e. The second-order valence-corrected chi connectivity index (χ2v) is 4.20. The molecule has 1 fully saturated rings. The maximum absolute atomic E-state index is 11.0. The molecule has 1 N–H and O–H groups in total. The van der Waals surface area contributed by atoms with Gasteiger partial charge in [-0.25, -0.2) is 0 Å². The van der Waals surface area contributed by atoms with Crippen molar-refractivity contribution in [2.45, 2.75) is 19.4 Å². The summed E-state index contributed by atoms with van der Waals surface area (Å²) in [7, 11) is 1.71. The van der Waals surface area contributed by atoms with Crippen LogP contribution in [-0.4, -0.2) is 40.4 Å². The van der Waals surface area contributed by atoms with E-state index < -0.39 is 0 Å². The van der Waals surface area contributed by atoms with Gasteiger partial charge < -0.3 is 10.2 Å². The van der Waals surface area contributed by atoms with Crippen LogP contribution in [0, 0.1) is 10.1 Å². The van der Waals surface area contributed by atoms with Crippen LogP contribution in [0.5, 0.6) is 0 Å². The lowest BCUT2D eigenvalue weighted by atomic mass is 10.2. The van der Waals surface area contributed by atoms with Crippen LogP contribution < -0.4 is 10.2 Å². The van der Waals surface area contributed by atoms with E-state index in [1.165, 1.54) is 10.9 Å². The minimum Gasteiger partial charge on any atom is -0.345 e. The predicted molar refractivity (Wildman–Crippen MR) is 64.2 cm³/mol. The van der Waals surface area contributed by atoms with Crippen molar-refractivity contribution < 1.29 is 4.92 Å². The molecular formula is C10H17N5O2. The summed E-state index contributed by atoms with van der Waals surface area (Å²) in [6, 6.07) is 0.300. The van der Waals surface area contributed by atoms with Gasteiger partial charge in [-0.05, 0) is 19.9 Å². The van der Waals surface area contributed by atoms with Gasteiger partial charge >= 0.3 is 5.69 Å². The molecule has 2 heterocycles. The number of nitrogens with one attached hydrogen (secondary N) is 1. The number of nitrogens with zero attached hydrogens (tertiary/aromatic N) is 4. The van der Waals surface area contributed by atoms with Gasteiger partial charge in [0.2, 0.25) is 5.82 Å². The fraction of sp³-hybridized carbons (Fsp3) is 0.700. The summed E-state index contributed by atoms with van der Waals surface area (Å²) >= 11 is 0. The summed E-state index contributed by atoms with van der Waals surface area (Å²) in [4.78, 5) is 12.6. The van der Waals surface area contributed by atoms with Crippen LogP contribution in [0.15, 0.2) is 6.20 Å². The summed E-state index contributed by atoms with van der Waals surface area (Å²) in [6.07, 6.45) is 2.46. The van der Waals surface area contributed by atoms with E-state index in [4.69, 9.17) is 0 Å². The summed E-state index contributed by atoms with van der Waals surface area (Å²) in [5.74, 6) is 0.480. The van der Waals surface area contributed by atoms with Crippen molar-refractivity contribution in [2.75, 3.05) is 24.5 Å². The lowest BCUT2D eigenvalue weighted by Crippen LogP contribution is -2.37. The number of aromatic nitrogens is 2. The van der Waals surface area contributed by atoms with Crippen molar-refractivity contribution in [1.29, 1.82) is 0 Å². The zero-order valence-electron chi connectivity index (χ0n) is 10.1. The highest BCUT2D eigenvalue weighted by molar-refractivity contribution is 5.57. The van der Waals surface area contributed by atoms with Crippen molar-refractivity contribution >= 4 is 11.5 Å². The highest BCUT2D eigenvalue weighted by Gasteiger charge is 2.29. The number of anilines is 1. The van der Waals surface area contributed by atoms with Crippen molar-refractivity contribution in [3.63, 3.8) is 0 Å². The lowest BCUT2D eigenvalue weighted by molar-refractivity contribution is -0.384. The van der Waals surface area contributed by atoms with E-state index in [0.717, 1.165) is 26.1 Å². The van der Waals surface area contributed by atoms with E-state index in [1.54, 1.807) is 7.05 Å². The van der Waals surface area contributed by atoms with Crippen LogP contribution in [0.3, 0.4) is 0 Å². The fourth-order valence-electron chi connectivity index (χ4n) is 2.28. The summed E-state index contributed by atoms with van der Waals surface area (Å²) in [6.45, 7) is 4.55. The van der Waals surface area contributed by atoms with Crippen molar-refractivity contribution in [2.24, 2.45) is 7.05 Å². The van der Waals surface area contributed by atoms with Crippen LogP contribution in [0.2, 0.25) is 0 Å². The molecule has 0 radical (unpaired) electrons. The first-order chi connectivity index (χ1) is 8.13. The highest BCUT2D eigenvalue weighted by Crippen LogP contribution is 2.28. The van der Waals surface area contributed by atoms with Gasteiger partial charge in [0.05, 0.1) is 4.92 Å². The number of rotatable bonds is 4. The Balaban J connectivity index is 2.32. The van der Waals surface area contributed by atoms with Crippen LogP contribution in [0.1, 0.15) is 13.3 Å². The van der Waals surface area contributed by atoms with Gasteiger partial charge in [-0.1, -0.05) is 0 Å². The molecule has 2 rings (SSSR count). The van der Waals surface area contributed by atoms with E-state index in [2.05, 4.69) is 10.4 Å². The first-order valence-corrected chi connectivity index (χ1v) is 5.79. The Morgan fingerprint density at radius 2 is 2.53 bits per heavy atom. The Labute approximate surface area is 99.6 Å². The third-order valence-electron chi connectivity index (χ3n) is 3.08. The Kier molecular flexibility index (Phi) is 3.28. The molecule has 0 aromatic carbocycles.